The lowest BCUT2D eigenvalue weighted by Crippen LogP contribution is -1.75. The van der Waals surface area contributed by atoms with Crippen molar-refractivity contribution in [2.24, 2.45) is 0 Å². The molecule has 2 rings (SSSR count). The first-order valence-corrected chi connectivity index (χ1v) is 5.39. The lowest BCUT2D eigenvalue weighted by Gasteiger charge is -1.91. The van der Waals surface area contributed by atoms with Crippen molar-refractivity contribution in [2.75, 3.05) is 0 Å². The molecule has 0 unspecified atom stereocenters. The molecule has 2 aromatic rings. The zero-order valence-electron chi connectivity index (χ0n) is 6.08. The van der Waals surface area contributed by atoms with E-state index in [-0.39, 0.29) is 0 Å². The zero-order valence-corrected chi connectivity index (χ0v) is 9.06. The fourth-order valence-corrected chi connectivity index (χ4v) is 2.93. The summed E-state index contributed by atoms with van der Waals surface area (Å²) in [7, 11) is 0. The van der Waals surface area contributed by atoms with Crippen LogP contribution in [-0.2, 0) is 0 Å². The van der Waals surface area contributed by atoms with E-state index >= 15 is 0 Å². The second-order valence-corrected chi connectivity index (χ2v) is 4.47. The summed E-state index contributed by atoms with van der Waals surface area (Å²) in [6.07, 6.45) is 0.912. The fraction of sp³-hybridized carbons (Fsp3) is 0. The number of carbonyl (C=O) groups is 1. The van der Waals surface area contributed by atoms with Gasteiger partial charge in [-0.15, -0.1) is 11.3 Å². The van der Waals surface area contributed by atoms with Crippen molar-refractivity contribution in [3.63, 3.8) is 0 Å². The minimum Gasteiger partial charge on any atom is -0.298 e. The number of aldehydes is 1. The third-order valence-corrected chi connectivity index (χ3v) is 4.02. The van der Waals surface area contributed by atoms with Gasteiger partial charge in [0.15, 0.2) is 6.29 Å². The second-order valence-electron chi connectivity index (χ2n) is 2.43. The maximum atomic E-state index is 10.6. The molecule has 60 valence electrons. The van der Waals surface area contributed by atoms with Crippen molar-refractivity contribution < 1.29 is 4.79 Å². The van der Waals surface area contributed by atoms with Crippen LogP contribution in [0.25, 0.3) is 10.1 Å². The van der Waals surface area contributed by atoms with Crippen LogP contribution < -0.4 is 0 Å². The first-order chi connectivity index (χ1) is 5.83. The van der Waals surface area contributed by atoms with E-state index < -0.39 is 0 Å². The summed E-state index contributed by atoms with van der Waals surface area (Å²) >= 11 is 3.91. The third kappa shape index (κ3) is 1.17. The van der Waals surface area contributed by atoms with E-state index in [1.807, 2.05) is 23.6 Å². The van der Waals surface area contributed by atoms with Crippen molar-refractivity contribution in [1.82, 2.24) is 0 Å². The van der Waals surface area contributed by atoms with Crippen LogP contribution in [0.1, 0.15) is 10.4 Å². The first kappa shape index (κ1) is 8.19. The number of thiophene rings is 1. The van der Waals surface area contributed by atoms with E-state index in [2.05, 4.69) is 22.6 Å². The Kier molecular flexibility index (Phi) is 2.14. The highest BCUT2D eigenvalue weighted by Crippen LogP contribution is 2.28. The molecule has 0 aliphatic rings. The Balaban J connectivity index is 2.88. The van der Waals surface area contributed by atoms with Crippen LogP contribution in [0.4, 0.5) is 0 Å². The van der Waals surface area contributed by atoms with Gasteiger partial charge in [-0.25, -0.2) is 0 Å². The molecule has 3 heteroatoms. The van der Waals surface area contributed by atoms with Crippen LogP contribution >= 0.6 is 33.9 Å². The van der Waals surface area contributed by atoms with Crippen molar-refractivity contribution in [1.29, 1.82) is 0 Å². The minimum atomic E-state index is 0.800. The Morgan fingerprint density at radius 1 is 1.42 bits per heavy atom. The van der Waals surface area contributed by atoms with Crippen LogP contribution in [0.2, 0.25) is 0 Å². The Hall–Kier alpha value is -0.420. The average molecular weight is 288 g/mol. The van der Waals surface area contributed by atoms with E-state index in [4.69, 9.17) is 0 Å². The highest BCUT2D eigenvalue weighted by Gasteiger charge is 2.04. The predicted octanol–water partition coefficient (Wildman–Crippen LogP) is 3.32. The molecule has 1 heterocycles. The molecule has 0 fully saturated rings. The monoisotopic (exact) mass is 288 g/mol. The van der Waals surface area contributed by atoms with Crippen molar-refractivity contribution >= 4 is 50.3 Å². The molecular formula is C9H5IOS. The molecule has 1 aromatic heterocycles. The van der Waals surface area contributed by atoms with Gasteiger partial charge in [0, 0.05) is 24.6 Å². The highest BCUT2D eigenvalue weighted by molar-refractivity contribution is 14.1. The molecule has 0 amide bonds. The molecule has 0 radical (unpaired) electrons. The molecule has 0 saturated carbocycles. The summed E-state index contributed by atoms with van der Waals surface area (Å²) < 4.78 is 2.42. The summed E-state index contributed by atoms with van der Waals surface area (Å²) in [5.74, 6) is 0. The molecule has 0 saturated heterocycles. The van der Waals surface area contributed by atoms with Crippen molar-refractivity contribution in [2.45, 2.75) is 0 Å². The summed E-state index contributed by atoms with van der Waals surface area (Å²) in [5, 5.41) is 2.97. The Morgan fingerprint density at radius 3 is 3.00 bits per heavy atom. The zero-order chi connectivity index (χ0) is 8.55. The van der Waals surface area contributed by atoms with Gasteiger partial charge in [0.2, 0.25) is 0 Å². The lowest BCUT2D eigenvalue weighted by atomic mass is 10.2. The Morgan fingerprint density at radius 2 is 2.25 bits per heavy atom. The van der Waals surface area contributed by atoms with E-state index in [0.717, 1.165) is 17.2 Å². The number of rotatable bonds is 1. The number of fused-ring (bicyclic) bond motifs is 1. The molecule has 0 spiro atoms. The predicted molar refractivity (Wildman–Crippen MR) is 59.9 cm³/mol. The average Bonchev–Trinajstić information content (AvgIpc) is 2.49. The van der Waals surface area contributed by atoms with Crippen molar-refractivity contribution in [3.8, 4) is 0 Å². The lowest BCUT2D eigenvalue weighted by molar-refractivity contribution is 0.112. The van der Waals surface area contributed by atoms with Gasteiger partial charge in [-0.3, -0.25) is 4.79 Å². The van der Waals surface area contributed by atoms with Gasteiger partial charge < -0.3 is 0 Å². The minimum absolute atomic E-state index is 0.800. The number of carbonyl (C=O) groups excluding carboxylic acids is 1. The standard InChI is InChI=1S/C9H5IOS/c10-8-3-1-2-7-6(4-11)5-12-9(7)8/h1-5H. The quantitative estimate of drug-likeness (QED) is 0.581. The summed E-state index contributed by atoms with van der Waals surface area (Å²) in [6, 6.07) is 6.01. The van der Waals surface area contributed by atoms with Crippen LogP contribution in [-0.4, -0.2) is 6.29 Å². The fourth-order valence-electron chi connectivity index (χ4n) is 1.13. The number of halogens is 1. The maximum Gasteiger partial charge on any atom is 0.151 e. The van der Waals surface area contributed by atoms with E-state index in [0.29, 0.717) is 0 Å². The van der Waals surface area contributed by atoms with Gasteiger partial charge >= 0.3 is 0 Å². The van der Waals surface area contributed by atoms with Gasteiger partial charge in [-0.05, 0) is 28.7 Å². The second kappa shape index (κ2) is 3.14. The van der Waals surface area contributed by atoms with E-state index in [9.17, 15) is 4.79 Å². The van der Waals surface area contributed by atoms with Crippen LogP contribution in [0.5, 0.6) is 0 Å². The SMILES string of the molecule is O=Cc1csc2c(I)cccc12. The van der Waals surface area contributed by atoms with E-state index in [1.54, 1.807) is 11.3 Å². The van der Waals surface area contributed by atoms with Gasteiger partial charge in [0.1, 0.15) is 0 Å². The highest BCUT2D eigenvalue weighted by atomic mass is 127. The Labute approximate surface area is 87.5 Å². The molecule has 0 aliphatic heterocycles. The topological polar surface area (TPSA) is 17.1 Å². The summed E-state index contributed by atoms with van der Waals surface area (Å²) in [4.78, 5) is 10.6. The summed E-state index contributed by atoms with van der Waals surface area (Å²) in [5.41, 5.74) is 0.800. The molecule has 0 aliphatic carbocycles. The third-order valence-electron chi connectivity index (χ3n) is 1.71. The summed E-state index contributed by atoms with van der Waals surface area (Å²) in [6.45, 7) is 0. The van der Waals surface area contributed by atoms with Gasteiger partial charge in [0.05, 0.1) is 0 Å². The van der Waals surface area contributed by atoms with Crippen LogP contribution in [0.3, 0.4) is 0 Å². The molecule has 12 heavy (non-hydrogen) atoms. The first-order valence-electron chi connectivity index (χ1n) is 3.44. The molecular weight excluding hydrogens is 283 g/mol. The normalized spacial score (nSPS) is 10.4. The maximum absolute atomic E-state index is 10.6. The molecule has 0 bridgehead atoms. The van der Waals surface area contributed by atoms with Gasteiger partial charge in [0.25, 0.3) is 0 Å². The van der Waals surface area contributed by atoms with E-state index in [1.165, 1.54) is 8.27 Å². The van der Waals surface area contributed by atoms with Crippen molar-refractivity contribution in [3.05, 3.63) is 32.7 Å². The smallest absolute Gasteiger partial charge is 0.151 e. The molecule has 1 aromatic carbocycles. The van der Waals surface area contributed by atoms with Crippen LogP contribution in [0.15, 0.2) is 23.6 Å². The number of hydrogen-bond donors (Lipinski definition) is 0. The van der Waals surface area contributed by atoms with Crippen LogP contribution in [0, 0.1) is 3.57 Å². The number of hydrogen-bond acceptors (Lipinski definition) is 2. The Bertz CT molecular complexity index is 433. The largest absolute Gasteiger partial charge is 0.298 e. The molecule has 1 nitrogen and oxygen atoms in total. The number of benzene rings is 1. The van der Waals surface area contributed by atoms with Gasteiger partial charge in [-0.1, -0.05) is 12.1 Å². The van der Waals surface area contributed by atoms with Gasteiger partial charge in [-0.2, -0.15) is 0 Å². The molecule has 0 N–H and O–H groups in total. The molecule has 0 atom stereocenters.